The van der Waals surface area contributed by atoms with E-state index in [1.54, 1.807) is 11.3 Å². The molecule has 1 N–H and O–H groups in total. The third kappa shape index (κ3) is 3.08. The standard InChI is InChI=1S/C14H12BrFN2O2S/c15-14-7-11-12(2-1-3-13(11)21-14)17-9-4-8(16)5-10(6-9)18(19)20/h4-7,12,17H,1-3H2. The number of fused-ring (bicyclic) bond motifs is 1. The Morgan fingerprint density at radius 3 is 2.95 bits per heavy atom. The Kier molecular flexibility index (Phi) is 3.95. The molecule has 0 spiro atoms. The number of nitro benzene ring substituents is 1. The van der Waals surface area contributed by atoms with Crippen LogP contribution in [0.2, 0.25) is 0 Å². The molecule has 0 radical (unpaired) electrons. The van der Waals surface area contributed by atoms with E-state index in [2.05, 4.69) is 27.3 Å². The van der Waals surface area contributed by atoms with Crippen LogP contribution in [-0.2, 0) is 6.42 Å². The molecule has 1 aromatic carbocycles. The van der Waals surface area contributed by atoms with E-state index in [0.717, 1.165) is 29.1 Å². The van der Waals surface area contributed by atoms with Crippen molar-refractivity contribution in [2.75, 3.05) is 5.32 Å². The maximum atomic E-state index is 13.5. The maximum absolute atomic E-state index is 13.5. The van der Waals surface area contributed by atoms with Crippen LogP contribution >= 0.6 is 27.3 Å². The SMILES string of the molecule is O=[N+]([O-])c1cc(F)cc(NC2CCCc3sc(Br)cc32)c1. The lowest BCUT2D eigenvalue weighted by atomic mass is 9.94. The summed E-state index contributed by atoms with van der Waals surface area (Å²) in [5.41, 5.74) is 1.41. The van der Waals surface area contributed by atoms with E-state index in [9.17, 15) is 14.5 Å². The van der Waals surface area contributed by atoms with Gasteiger partial charge in [-0.1, -0.05) is 0 Å². The van der Waals surface area contributed by atoms with E-state index in [4.69, 9.17) is 0 Å². The predicted octanol–water partition coefficient (Wildman–Crippen LogP) is 5.05. The number of hydrogen-bond acceptors (Lipinski definition) is 4. The second-order valence-corrected chi connectivity index (χ2v) is 7.49. The molecule has 0 aliphatic heterocycles. The average Bonchev–Trinajstić information content (AvgIpc) is 2.79. The molecule has 0 amide bonds. The van der Waals surface area contributed by atoms with Gasteiger partial charge in [0.15, 0.2) is 0 Å². The van der Waals surface area contributed by atoms with Crippen molar-refractivity contribution in [2.45, 2.75) is 25.3 Å². The van der Waals surface area contributed by atoms with E-state index >= 15 is 0 Å². The van der Waals surface area contributed by atoms with Gasteiger partial charge in [0.1, 0.15) is 5.82 Å². The Bertz CT molecular complexity index is 704. The highest BCUT2D eigenvalue weighted by Crippen LogP contribution is 2.39. The number of benzene rings is 1. The number of hydrogen-bond donors (Lipinski definition) is 1. The first-order valence-electron chi connectivity index (χ1n) is 6.52. The molecule has 1 aromatic heterocycles. The normalized spacial score (nSPS) is 17.3. The van der Waals surface area contributed by atoms with Crippen molar-refractivity contribution in [3.05, 3.63) is 54.4 Å². The summed E-state index contributed by atoms with van der Waals surface area (Å²) in [4.78, 5) is 11.5. The van der Waals surface area contributed by atoms with Crippen LogP contribution in [0.1, 0.15) is 29.3 Å². The number of nitrogens with one attached hydrogen (secondary N) is 1. The van der Waals surface area contributed by atoms with Gasteiger partial charge in [0.25, 0.3) is 5.69 Å². The smallest absolute Gasteiger partial charge is 0.274 e. The molecule has 1 atom stereocenters. The first-order chi connectivity index (χ1) is 10.0. The fraction of sp³-hybridized carbons (Fsp3) is 0.286. The third-order valence-electron chi connectivity index (χ3n) is 3.52. The number of nitrogens with zero attached hydrogens (tertiary/aromatic N) is 1. The first kappa shape index (κ1) is 14.5. The molecule has 2 aromatic rings. The van der Waals surface area contributed by atoms with Crippen LogP contribution in [0.25, 0.3) is 0 Å². The van der Waals surface area contributed by atoms with Crippen molar-refractivity contribution in [1.82, 2.24) is 0 Å². The molecule has 1 heterocycles. The van der Waals surface area contributed by atoms with Crippen molar-refractivity contribution < 1.29 is 9.31 Å². The quantitative estimate of drug-likeness (QED) is 0.607. The van der Waals surface area contributed by atoms with Gasteiger partial charge in [-0.25, -0.2) is 4.39 Å². The largest absolute Gasteiger partial charge is 0.378 e. The van der Waals surface area contributed by atoms with Crippen LogP contribution in [0.5, 0.6) is 0 Å². The number of aryl methyl sites for hydroxylation is 1. The van der Waals surface area contributed by atoms with Gasteiger partial charge in [-0.15, -0.1) is 11.3 Å². The monoisotopic (exact) mass is 370 g/mol. The van der Waals surface area contributed by atoms with Gasteiger partial charge in [-0.2, -0.15) is 0 Å². The summed E-state index contributed by atoms with van der Waals surface area (Å²) >= 11 is 5.20. The summed E-state index contributed by atoms with van der Waals surface area (Å²) in [6.45, 7) is 0. The van der Waals surface area contributed by atoms with Crippen LogP contribution in [-0.4, -0.2) is 4.92 Å². The lowest BCUT2D eigenvalue weighted by Gasteiger charge is -2.24. The molecule has 0 bridgehead atoms. The summed E-state index contributed by atoms with van der Waals surface area (Å²) < 4.78 is 14.6. The predicted molar refractivity (Wildman–Crippen MR) is 84.4 cm³/mol. The van der Waals surface area contributed by atoms with Gasteiger partial charge in [-0.05, 0) is 52.9 Å². The molecule has 1 aliphatic rings. The molecular weight excluding hydrogens is 359 g/mol. The Labute approximate surface area is 133 Å². The van der Waals surface area contributed by atoms with Crippen LogP contribution in [0.15, 0.2) is 28.1 Å². The van der Waals surface area contributed by atoms with Crippen molar-refractivity contribution in [2.24, 2.45) is 0 Å². The zero-order valence-electron chi connectivity index (χ0n) is 10.9. The molecule has 4 nitrogen and oxygen atoms in total. The Morgan fingerprint density at radius 2 is 2.19 bits per heavy atom. The molecule has 3 rings (SSSR count). The second kappa shape index (κ2) is 5.73. The van der Waals surface area contributed by atoms with Gasteiger partial charge in [0.05, 0.1) is 20.8 Å². The molecule has 0 saturated heterocycles. The van der Waals surface area contributed by atoms with Crippen molar-refractivity contribution in [3.63, 3.8) is 0 Å². The fourth-order valence-electron chi connectivity index (χ4n) is 2.64. The number of halogens is 2. The average molecular weight is 371 g/mol. The maximum Gasteiger partial charge on any atom is 0.274 e. The second-order valence-electron chi connectivity index (χ2n) is 4.97. The number of anilines is 1. The van der Waals surface area contributed by atoms with E-state index in [1.807, 2.05) is 0 Å². The zero-order chi connectivity index (χ0) is 15.0. The molecule has 1 unspecified atom stereocenters. The third-order valence-corrected chi connectivity index (χ3v) is 5.23. The summed E-state index contributed by atoms with van der Waals surface area (Å²) in [6, 6.07) is 5.74. The molecule has 1 aliphatic carbocycles. The van der Waals surface area contributed by atoms with Crippen LogP contribution < -0.4 is 5.32 Å². The Morgan fingerprint density at radius 1 is 1.38 bits per heavy atom. The zero-order valence-corrected chi connectivity index (χ0v) is 13.3. The summed E-state index contributed by atoms with van der Waals surface area (Å²) in [6.07, 6.45) is 3.03. The van der Waals surface area contributed by atoms with Crippen molar-refractivity contribution in [1.29, 1.82) is 0 Å². The summed E-state index contributed by atoms with van der Waals surface area (Å²) in [5.74, 6) is -0.603. The number of non-ortho nitro benzene ring substituents is 1. The molecular formula is C14H12BrFN2O2S. The van der Waals surface area contributed by atoms with Crippen molar-refractivity contribution in [3.8, 4) is 0 Å². The Balaban J connectivity index is 1.89. The fourth-order valence-corrected chi connectivity index (χ4v) is 4.45. The van der Waals surface area contributed by atoms with Crippen LogP contribution in [0.4, 0.5) is 15.8 Å². The minimum absolute atomic E-state index is 0.0673. The lowest BCUT2D eigenvalue weighted by Crippen LogP contribution is -2.15. The molecule has 110 valence electrons. The van der Waals surface area contributed by atoms with Gasteiger partial charge >= 0.3 is 0 Å². The Hall–Kier alpha value is -1.47. The number of thiophene rings is 1. The minimum atomic E-state index is -0.603. The van der Waals surface area contributed by atoms with Crippen LogP contribution in [0, 0.1) is 15.9 Å². The summed E-state index contributed by atoms with van der Waals surface area (Å²) in [5, 5.41) is 14.0. The highest BCUT2D eigenvalue weighted by atomic mass is 79.9. The lowest BCUT2D eigenvalue weighted by molar-refractivity contribution is -0.385. The van der Waals surface area contributed by atoms with E-state index in [0.29, 0.717) is 5.69 Å². The molecule has 0 saturated carbocycles. The molecule has 7 heteroatoms. The van der Waals surface area contributed by atoms with E-state index in [-0.39, 0.29) is 11.7 Å². The minimum Gasteiger partial charge on any atom is -0.378 e. The summed E-state index contributed by atoms with van der Waals surface area (Å²) in [7, 11) is 0. The van der Waals surface area contributed by atoms with Gasteiger partial charge in [0, 0.05) is 16.6 Å². The van der Waals surface area contributed by atoms with Crippen molar-refractivity contribution >= 4 is 38.6 Å². The number of nitro groups is 1. The topological polar surface area (TPSA) is 55.2 Å². The van der Waals surface area contributed by atoms with Crippen LogP contribution in [0.3, 0.4) is 0 Å². The van der Waals surface area contributed by atoms with Gasteiger partial charge < -0.3 is 5.32 Å². The highest BCUT2D eigenvalue weighted by molar-refractivity contribution is 9.11. The van der Waals surface area contributed by atoms with E-state index < -0.39 is 10.7 Å². The molecule has 21 heavy (non-hydrogen) atoms. The van der Waals surface area contributed by atoms with Gasteiger partial charge in [0.2, 0.25) is 0 Å². The van der Waals surface area contributed by atoms with E-state index in [1.165, 1.54) is 22.6 Å². The van der Waals surface area contributed by atoms with Gasteiger partial charge in [-0.3, -0.25) is 10.1 Å². The first-order valence-corrected chi connectivity index (χ1v) is 8.13. The molecule has 0 fully saturated rings. The number of rotatable bonds is 3. The highest BCUT2D eigenvalue weighted by Gasteiger charge is 2.23.